The number of benzene rings is 1. The third kappa shape index (κ3) is 4.94. The molecule has 2 N–H and O–H groups in total. The van der Waals surface area contributed by atoms with E-state index >= 15 is 0 Å². The van der Waals surface area contributed by atoms with Crippen LogP contribution in [0.15, 0.2) is 42.6 Å². The predicted octanol–water partition coefficient (Wildman–Crippen LogP) is 3.44. The number of hydrogen-bond acceptors (Lipinski definition) is 4. The molecule has 26 heavy (non-hydrogen) atoms. The largest absolute Gasteiger partial charge is 0.433 e. The van der Waals surface area contributed by atoms with E-state index in [9.17, 15) is 18.0 Å². The molecule has 1 atom stereocenters. The minimum atomic E-state index is -4.59. The number of halogens is 4. The second kappa shape index (κ2) is 8.48. The molecule has 1 saturated heterocycles. The highest BCUT2D eigenvalue weighted by Crippen LogP contribution is 2.28. The van der Waals surface area contributed by atoms with Crippen molar-refractivity contribution >= 4 is 24.0 Å². The standard InChI is InChI=1S/C17H16F3N3O2.ClH/c18-17(19,20)15-9-12(5-6-22-15)16(24)23-13-3-1-11(2-4-13)14-10-21-7-8-25-14;/h1-6,9,14,21H,7-8,10H2,(H,23,24);1H. The molecule has 1 amide bonds. The van der Waals surface area contributed by atoms with E-state index in [1.54, 1.807) is 12.1 Å². The SMILES string of the molecule is Cl.O=C(Nc1ccc(C2CNCCO2)cc1)c1ccnc(C(F)(F)F)c1. The molecule has 1 aromatic heterocycles. The van der Waals surface area contributed by atoms with Crippen molar-refractivity contribution in [3.05, 3.63) is 59.4 Å². The number of ether oxygens (including phenoxy) is 1. The third-order valence-corrected chi connectivity index (χ3v) is 3.78. The molecule has 0 saturated carbocycles. The lowest BCUT2D eigenvalue weighted by molar-refractivity contribution is -0.141. The average molecular weight is 388 g/mol. The predicted molar refractivity (Wildman–Crippen MR) is 92.4 cm³/mol. The van der Waals surface area contributed by atoms with Gasteiger partial charge in [-0.2, -0.15) is 13.2 Å². The monoisotopic (exact) mass is 387 g/mol. The van der Waals surface area contributed by atoms with Crippen molar-refractivity contribution in [3.8, 4) is 0 Å². The van der Waals surface area contributed by atoms with Gasteiger partial charge in [0.1, 0.15) is 5.69 Å². The Hall–Kier alpha value is -2.16. The number of rotatable bonds is 3. The second-order valence-electron chi connectivity index (χ2n) is 5.57. The first kappa shape index (κ1) is 20.2. The average Bonchev–Trinajstić information content (AvgIpc) is 2.62. The Morgan fingerprint density at radius 2 is 1.96 bits per heavy atom. The van der Waals surface area contributed by atoms with Crippen LogP contribution in [-0.4, -0.2) is 30.6 Å². The molecule has 3 rings (SSSR count). The zero-order valence-corrected chi connectivity index (χ0v) is 14.4. The van der Waals surface area contributed by atoms with Gasteiger partial charge in [-0.25, -0.2) is 0 Å². The van der Waals surface area contributed by atoms with Gasteiger partial charge in [0.05, 0.1) is 12.7 Å². The fourth-order valence-corrected chi connectivity index (χ4v) is 2.49. The van der Waals surface area contributed by atoms with Crippen LogP contribution in [0.2, 0.25) is 0 Å². The molecule has 1 aliphatic rings. The first-order chi connectivity index (χ1) is 11.9. The van der Waals surface area contributed by atoms with E-state index in [-0.39, 0.29) is 24.1 Å². The lowest BCUT2D eigenvalue weighted by Crippen LogP contribution is -2.33. The molecule has 0 bridgehead atoms. The number of alkyl halides is 3. The van der Waals surface area contributed by atoms with Gasteiger partial charge in [0.2, 0.25) is 0 Å². The molecule has 1 aliphatic heterocycles. The van der Waals surface area contributed by atoms with Gasteiger partial charge in [0.25, 0.3) is 5.91 Å². The van der Waals surface area contributed by atoms with Gasteiger partial charge < -0.3 is 15.4 Å². The van der Waals surface area contributed by atoms with Crippen molar-refractivity contribution in [1.29, 1.82) is 0 Å². The molecule has 1 fully saturated rings. The number of morpholine rings is 1. The van der Waals surface area contributed by atoms with Crippen LogP contribution in [0.4, 0.5) is 18.9 Å². The van der Waals surface area contributed by atoms with Gasteiger partial charge in [-0.15, -0.1) is 12.4 Å². The zero-order chi connectivity index (χ0) is 17.9. The fourth-order valence-electron chi connectivity index (χ4n) is 2.49. The van der Waals surface area contributed by atoms with Crippen LogP contribution >= 0.6 is 12.4 Å². The van der Waals surface area contributed by atoms with Crippen molar-refractivity contribution in [1.82, 2.24) is 10.3 Å². The van der Waals surface area contributed by atoms with Gasteiger partial charge in [0, 0.05) is 30.5 Å². The number of anilines is 1. The summed E-state index contributed by atoms with van der Waals surface area (Å²) in [4.78, 5) is 15.4. The molecule has 140 valence electrons. The van der Waals surface area contributed by atoms with E-state index in [0.717, 1.165) is 24.4 Å². The molecule has 1 unspecified atom stereocenters. The topological polar surface area (TPSA) is 63.2 Å². The number of nitrogens with one attached hydrogen (secondary N) is 2. The summed E-state index contributed by atoms with van der Waals surface area (Å²) in [5, 5.41) is 5.80. The van der Waals surface area contributed by atoms with Crippen LogP contribution < -0.4 is 10.6 Å². The Balaban J connectivity index is 0.00000243. The highest BCUT2D eigenvalue weighted by Gasteiger charge is 2.32. The van der Waals surface area contributed by atoms with Gasteiger partial charge in [-0.1, -0.05) is 12.1 Å². The summed E-state index contributed by atoms with van der Waals surface area (Å²) < 4.78 is 43.6. The Labute approximate surface area is 154 Å². The number of carbonyl (C=O) groups is 1. The molecule has 0 radical (unpaired) electrons. The van der Waals surface area contributed by atoms with Crippen molar-refractivity contribution in [2.75, 3.05) is 25.0 Å². The van der Waals surface area contributed by atoms with Gasteiger partial charge >= 0.3 is 6.18 Å². The van der Waals surface area contributed by atoms with Crippen molar-refractivity contribution in [2.45, 2.75) is 12.3 Å². The van der Waals surface area contributed by atoms with Crippen molar-refractivity contribution in [2.24, 2.45) is 0 Å². The molecule has 5 nitrogen and oxygen atoms in total. The van der Waals surface area contributed by atoms with E-state index in [1.165, 1.54) is 6.07 Å². The zero-order valence-electron chi connectivity index (χ0n) is 13.5. The first-order valence-corrected chi connectivity index (χ1v) is 7.70. The summed E-state index contributed by atoms with van der Waals surface area (Å²) >= 11 is 0. The summed E-state index contributed by atoms with van der Waals surface area (Å²) in [7, 11) is 0. The second-order valence-corrected chi connectivity index (χ2v) is 5.57. The molecule has 0 aliphatic carbocycles. The summed E-state index contributed by atoms with van der Waals surface area (Å²) in [5.41, 5.74) is 0.250. The number of hydrogen-bond donors (Lipinski definition) is 2. The van der Waals surface area contributed by atoms with E-state index in [4.69, 9.17) is 4.74 Å². The van der Waals surface area contributed by atoms with Gasteiger partial charge in [0.15, 0.2) is 0 Å². The molecule has 9 heteroatoms. The number of amides is 1. The van der Waals surface area contributed by atoms with Crippen molar-refractivity contribution in [3.63, 3.8) is 0 Å². The molecule has 2 aromatic rings. The Morgan fingerprint density at radius 3 is 2.58 bits per heavy atom. The molecular formula is C17H17ClF3N3O2. The number of nitrogens with zero attached hydrogens (tertiary/aromatic N) is 1. The van der Waals surface area contributed by atoms with E-state index in [0.29, 0.717) is 18.8 Å². The van der Waals surface area contributed by atoms with Crippen LogP contribution in [0.1, 0.15) is 27.7 Å². The van der Waals surface area contributed by atoms with Gasteiger partial charge in [-0.3, -0.25) is 9.78 Å². The van der Waals surface area contributed by atoms with Crippen LogP contribution in [0.5, 0.6) is 0 Å². The molecule has 0 spiro atoms. The maximum atomic E-state index is 12.7. The first-order valence-electron chi connectivity index (χ1n) is 7.70. The lowest BCUT2D eigenvalue weighted by atomic mass is 10.1. The third-order valence-electron chi connectivity index (χ3n) is 3.78. The maximum absolute atomic E-state index is 12.7. The number of aromatic nitrogens is 1. The number of pyridine rings is 1. The Bertz CT molecular complexity index is 748. The normalized spacial score (nSPS) is 17.3. The van der Waals surface area contributed by atoms with E-state index in [1.807, 2.05) is 12.1 Å². The number of carbonyl (C=O) groups excluding carboxylic acids is 1. The van der Waals surface area contributed by atoms with E-state index < -0.39 is 17.8 Å². The quantitative estimate of drug-likeness (QED) is 0.847. The minimum absolute atomic E-state index is 0. The lowest BCUT2D eigenvalue weighted by Gasteiger charge is -2.24. The van der Waals surface area contributed by atoms with Crippen LogP contribution in [0, 0.1) is 0 Å². The fraction of sp³-hybridized carbons (Fsp3) is 0.294. The molecular weight excluding hydrogens is 371 g/mol. The van der Waals surface area contributed by atoms with E-state index in [2.05, 4.69) is 15.6 Å². The molecule has 2 heterocycles. The van der Waals surface area contributed by atoms with Crippen LogP contribution in [0.3, 0.4) is 0 Å². The van der Waals surface area contributed by atoms with Crippen molar-refractivity contribution < 1.29 is 22.7 Å². The highest BCUT2D eigenvalue weighted by atomic mass is 35.5. The van der Waals surface area contributed by atoms with Crippen LogP contribution in [0.25, 0.3) is 0 Å². The molecule has 1 aromatic carbocycles. The summed E-state index contributed by atoms with van der Waals surface area (Å²) in [6.07, 6.45) is -3.67. The summed E-state index contributed by atoms with van der Waals surface area (Å²) in [5.74, 6) is -0.628. The summed E-state index contributed by atoms with van der Waals surface area (Å²) in [6.45, 7) is 2.16. The summed E-state index contributed by atoms with van der Waals surface area (Å²) in [6, 6.07) is 8.99. The minimum Gasteiger partial charge on any atom is -0.371 e. The smallest absolute Gasteiger partial charge is 0.371 e. The Morgan fingerprint density at radius 1 is 1.23 bits per heavy atom. The maximum Gasteiger partial charge on any atom is 0.433 e. The van der Waals surface area contributed by atoms with Gasteiger partial charge in [-0.05, 0) is 29.8 Å². The highest BCUT2D eigenvalue weighted by molar-refractivity contribution is 6.04. The van der Waals surface area contributed by atoms with Crippen LogP contribution in [-0.2, 0) is 10.9 Å². The Kier molecular flexibility index (Phi) is 6.57.